The molecule has 23 heavy (non-hydrogen) atoms. The fourth-order valence-electron chi connectivity index (χ4n) is 4.10. The molecule has 1 N–H and O–H groups in total. The van der Waals surface area contributed by atoms with Gasteiger partial charge in [0.25, 0.3) is 0 Å². The van der Waals surface area contributed by atoms with Crippen LogP contribution in [-0.2, 0) is 9.59 Å². The SMILES string of the molecule is CC(=O)N1CCN(C(=O)CN(C)C2CC3CCC(C2)N3)CC1.Cl. The predicted molar refractivity (Wildman–Crippen MR) is 91.7 cm³/mol. The fraction of sp³-hybridized carbons (Fsp3) is 0.875. The van der Waals surface area contributed by atoms with Gasteiger partial charge < -0.3 is 15.1 Å². The van der Waals surface area contributed by atoms with Crippen molar-refractivity contribution in [1.29, 1.82) is 0 Å². The van der Waals surface area contributed by atoms with E-state index in [0.717, 1.165) is 0 Å². The summed E-state index contributed by atoms with van der Waals surface area (Å²) in [5, 5.41) is 3.65. The van der Waals surface area contributed by atoms with E-state index in [1.807, 2.05) is 9.80 Å². The highest BCUT2D eigenvalue weighted by atomic mass is 35.5. The van der Waals surface area contributed by atoms with Crippen molar-refractivity contribution < 1.29 is 9.59 Å². The van der Waals surface area contributed by atoms with Crippen molar-refractivity contribution in [3.63, 3.8) is 0 Å². The van der Waals surface area contributed by atoms with Gasteiger partial charge in [0.1, 0.15) is 0 Å². The van der Waals surface area contributed by atoms with Crippen LogP contribution in [0, 0.1) is 0 Å². The van der Waals surface area contributed by atoms with Gasteiger partial charge >= 0.3 is 0 Å². The molecule has 6 nitrogen and oxygen atoms in total. The van der Waals surface area contributed by atoms with E-state index in [9.17, 15) is 9.59 Å². The highest BCUT2D eigenvalue weighted by Gasteiger charge is 2.35. The highest BCUT2D eigenvalue weighted by molar-refractivity contribution is 5.85. The molecule has 0 radical (unpaired) electrons. The van der Waals surface area contributed by atoms with E-state index < -0.39 is 0 Å². The molecule has 3 heterocycles. The molecule has 3 saturated heterocycles. The first-order valence-electron chi connectivity index (χ1n) is 8.52. The molecule has 2 amide bonds. The second-order valence-electron chi connectivity index (χ2n) is 7.07. The van der Waals surface area contributed by atoms with Crippen molar-refractivity contribution in [1.82, 2.24) is 20.0 Å². The number of piperazine rings is 1. The number of carbonyl (C=O) groups is 2. The van der Waals surface area contributed by atoms with Crippen LogP contribution < -0.4 is 5.32 Å². The number of piperidine rings is 1. The quantitative estimate of drug-likeness (QED) is 0.801. The van der Waals surface area contributed by atoms with Crippen LogP contribution in [0.5, 0.6) is 0 Å². The maximum atomic E-state index is 12.5. The lowest BCUT2D eigenvalue weighted by atomic mass is 9.98. The summed E-state index contributed by atoms with van der Waals surface area (Å²) in [6.07, 6.45) is 4.91. The molecule has 3 aliphatic rings. The van der Waals surface area contributed by atoms with E-state index >= 15 is 0 Å². The summed E-state index contributed by atoms with van der Waals surface area (Å²) in [4.78, 5) is 29.8. The van der Waals surface area contributed by atoms with Crippen LogP contribution in [0.1, 0.15) is 32.6 Å². The summed E-state index contributed by atoms with van der Waals surface area (Å²) < 4.78 is 0. The van der Waals surface area contributed by atoms with E-state index in [0.29, 0.717) is 50.8 Å². The minimum absolute atomic E-state index is 0. The Hall–Kier alpha value is -0.850. The van der Waals surface area contributed by atoms with Crippen molar-refractivity contribution in [2.75, 3.05) is 39.8 Å². The number of likely N-dealkylation sites (N-methyl/N-ethyl adjacent to an activating group) is 1. The molecule has 2 unspecified atom stereocenters. The maximum absolute atomic E-state index is 12.5. The zero-order valence-corrected chi connectivity index (χ0v) is 15.0. The minimum atomic E-state index is 0. The Morgan fingerprint density at radius 3 is 2.09 bits per heavy atom. The molecular formula is C16H29ClN4O2. The van der Waals surface area contributed by atoms with Crippen LogP contribution in [0.2, 0.25) is 0 Å². The molecule has 0 aromatic rings. The summed E-state index contributed by atoms with van der Waals surface area (Å²) in [6, 6.07) is 1.84. The van der Waals surface area contributed by atoms with Crippen molar-refractivity contribution in [2.24, 2.45) is 0 Å². The summed E-state index contributed by atoms with van der Waals surface area (Å²) in [6.45, 7) is 4.78. The molecule has 132 valence electrons. The number of carbonyl (C=O) groups excluding carboxylic acids is 2. The number of hydrogen-bond donors (Lipinski definition) is 1. The topological polar surface area (TPSA) is 55.9 Å². The lowest BCUT2D eigenvalue weighted by Gasteiger charge is -2.38. The maximum Gasteiger partial charge on any atom is 0.236 e. The third-order valence-electron chi connectivity index (χ3n) is 5.53. The average Bonchev–Trinajstić information content (AvgIpc) is 2.85. The van der Waals surface area contributed by atoms with Crippen molar-refractivity contribution in [2.45, 2.75) is 50.7 Å². The second-order valence-corrected chi connectivity index (χ2v) is 7.07. The number of hydrogen-bond acceptors (Lipinski definition) is 4. The normalized spacial score (nSPS) is 30.3. The lowest BCUT2D eigenvalue weighted by molar-refractivity contribution is -0.139. The van der Waals surface area contributed by atoms with Crippen molar-refractivity contribution in [3.05, 3.63) is 0 Å². The molecule has 2 bridgehead atoms. The summed E-state index contributed by atoms with van der Waals surface area (Å²) in [5.41, 5.74) is 0. The lowest BCUT2D eigenvalue weighted by Crippen LogP contribution is -2.54. The van der Waals surface area contributed by atoms with Crippen LogP contribution in [0.25, 0.3) is 0 Å². The molecule has 0 spiro atoms. The highest BCUT2D eigenvalue weighted by Crippen LogP contribution is 2.29. The van der Waals surface area contributed by atoms with E-state index in [1.165, 1.54) is 25.7 Å². The molecule has 3 rings (SSSR count). The third kappa shape index (κ3) is 4.37. The molecule has 0 aromatic carbocycles. The summed E-state index contributed by atoms with van der Waals surface area (Å²) >= 11 is 0. The Morgan fingerprint density at radius 1 is 1.04 bits per heavy atom. The van der Waals surface area contributed by atoms with Gasteiger partial charge in [0.15, 0.2) is 0 Å². The van der Waals surface area contributed by atoms with Crippen LogP contribution in [-0.4, -0.2) is 84.4 Å². The Labute approximate surface area is 145 Å². The predicted octanol–water partition coefficient (Wildman–Crippen LogP) is 0.314. The van der Waals surface area contributed by atoms with E-state index in [1.54, 1.807) is 6.92 Å². The van der Waals surface area contributed by atoms with Crippen molar-refractivity contribution in [3.8, 4) is 0 Å². The van der Waals surface area contributed by atoms with Gasteiger partial charge in [0, 0.05) is 51.2 Å². The van der Waals surface area contributed by atoms with Crippen LogP contribution in [0.4, 0.5) is 0 Å². The first-order valence-corrected chi connectivity index (χ1v) is 8.52. The third-order valence-corrected chi connectivity index (χ3v) is 5.53. The van der Waals surface area contributed by atoms with Gasteiger partial charge in [-0.3, -0.25) is 14.5 Å². The Kier molecular flexibility index (Phi) is 6.28. The van der Waals surface area contributed by atoms with Gasteiger partial charge in [-0.15, -0.1) is 12.4 Å². The zero-order valence-electron chi connectivity index (χ0n) is 14.2. The fourth-order valence-corrected chi connectivity index (χ4v) is 4.10. The van der Waals surface area contributed by atoms with Gasteiger partial charge in [-0.2, -0.15) is 0 Å². The number of nitrogens with zero attached hydrogens (tertiary/aromatic N) is 3. The van der Waals surface area contributed by atoms with Crippen LogP contribution in [0.15, 0.2) is 0 Å². The van der Waals surface area contributed by atoms with Crippen LogP contribution in [0.3, 0.4) is 0 Å². The Bertz CT molecular complexity index is 428. The largest absolute Gasteiger partial charge is 0.339 e. The van der Waals surface area contributed by atoms with E-state index in [2.05, 4.69) is 17.3 Å². The zero-order chi connectivity index (χ0) is 15.7. The molecular weight excluding hydrogens is 316 g/mol. The molecule has 7 heteroatoms. The summed E-state index contributed by atoms with van der Waals surface area (Å²) in [7, 11) is 2.08. The smallest absolute Gasteiger partial charge is 0.236 e. The van der Waals surface area contributed by atoms with Crippen molar-refractivity contribution >= 4 is 24.2 Å². The first kappa shape index (κ1) is 18.5. The Balaban J connectivity index is 0.00000192. The van der Waals surface area contributed by atoms with Gasteiger partial charge in [0.2, 0.25) is 11.8 Å². The molecule has 3 aliphatic heterocycles. The number of halogens is 1. The monoisotopic (exact) mass is 344 g/mol. The molecule has 0 aromatic heterocycles. The second kappa shape index (κ2) is 7.81. The summed E-state index contributed by atoms with van der Waals surface area (Å²) in [5.74, 6) is 0.311. The van der Waals surface area contributed by atoms with E-state index in [-0.39, 0.29) is 24.2 Å². The molecule has 3 fully saturated rings. The Morgan fingerprint density at radius 2 is 1.57 bits per heavy atom. The average molecular weight is 345 g/mol. The molecule has 2 atom stereocenters. The van der Waals surface area contributed by atoms with Gasteiger partial charge in [-0.05, 0) is 32.7 Å². The number of rotatable bonds is 3. The van der Waals surface area contributed by atoms with Gasteiger partial charge in [0.05, 0.1) is 6.54 Å². The first-order chi connectivity index (χ1) is 10.5. The molecule has 0 aliphatic carbocycles. The van der Waals surface area contributed by atoms with Gasteiger partial charge in [-0.25, -0.2) is 0 Å². The minimum Gasteiger partial charge on any atom is -0.339 e. The van der Waals surface area contributed by atoms with Gasteiger partial charge in [-0.1, -0.05) is 0 Å². The standard InChI is InChI=1S/C16H28N4O2.ClH/c1-12(21)19-5-7-20(8-6-19)16(22)11-18(2)15-9-13-3-4-14(10-15)17-13;/h13-15,17H,3-11H2,1-2H3;1H. The molecule has 0 saturated carbocycles. The number of fused-ring (bicyclic) bond motifs is 2. The van der Waals surface area contributed by atoms with E-state index in [4.69, 9.17) is 0 Å². The number of amides is 2. The van der Waals surface area contributed by atoms with Crippen LogP contribution >= 0.6 is 12.4 Å². The number of nitrogens with one attached hydrogen (secondary N) is 1.